The van der Waals surface area contributed by atoms with Crippen LogP contribution in [0.25, 0.3) is 0 Å². The van der Waals surface area contributed by atoms with Crippen molar-refractivity contribution in [2.45, 2.75) is 65.1 Å². The van der Waals surface area contributed by atoms with Crippen molar-refractivity contribution in [3.8, 4) is 0 Å². The molecule has 0 heterocycles. The van der Waals surface area contributed by atoms with Crippen LogP contribution in [0.2, 0.25) is 0 Å². The Kier molecular flexibility index (Phi) is 8.79. The molecule has 0 aromatic carbocycles. The minimum Gasteiger partial charge on any atom is -0.389 e. The molecular weight excluding hydrogens is 266 g/mol. The number of hydrogen-bond acceptors (Lipinski definition) is 4. The average Bonchev–Trinajstić information content (AvgIpc) is 2.43. The summed E-state index contributed by atoms with van der Waals surface area (Å²) in [5.74, 6) is 0.764. The Morgan fingerprint density at radius 2 is 2.10 bits per heavy atom. The van der Waals surface area contributed by atoms with Crippen molar-refractivity contribution in [2.24, 2.45) is 11.3 Å². The summed E-state index contributed by atoms with van der Waals surface area (Å²) < 4.78 is 11.0. The van der Waals surface area contributed by atoms with Crippen LogP contribution >= 0.6 is 0 Å². The van der Waals surface area contributed by atoms with E-state index >= 15 is 0 Å². The number of ether oxygens (including phenoxy) is 2. The van der Waals surface area contributed by atoms with Gasteiger partial charge in [-0.05, 0) is 30.6 Å². The molecule has 3 unspecified atom stereocenters. The van der Waals surface area contributed by atoms with Gasteiger partial charge in [0.2, 0.25) is 0 Å². The van der Waals surface area contributed by atoms with Gasteiger partial charge >= 0.3 is 0 Å². The molecule has 0 aliphatic heterocycles. The summed E-state index contributed by atoms with van der Waals surface area (Å²) in [5.41, 5.74) is 0.190. The maximum Gasteiger partial charge on any atom is 0.0897 e. The Balaban J connectivity index is 2.09. The highest BCUT2D eigenvalue weighted by Crippen LogP contribution is 2.25. The molecule has 1 aliphatic rings. The molecule has 1 fully saturated rings. The fourth-order valence-electron chi connectivity index (χ4n) is 2.88. The van der Waals surface area contributed by atoms with Gasteiger partial charge in [-0.1, -0.05) is 33.6 Å². The molecule has 1 aliphatic carbocycles. The van der Waals surface area contributed by atoms with Crippen molar-refractivity contribution in [1.82, 2.24) is 5.32 Å². The van der Waals surface area contributed by atoms with E-state index in [1.807, 2.05) is 0 Å². The van der Waals surface area contributed by atoms with E-state index in [-0.39, 0.29) is 5.41 Å². The van der Waals surface area contributed by atoms with E-state index in [9.17, 15) is 5.11 Å². The molecule has 1 rings (SSSR count). The molecule has 2 N–H and O–H groups in total. The SMILES string of the molecule is COCCC(C)(C)CNCC(O)COC1CCCC(C)C1. The third kappa shape index (κ3) is 8.77. The normalized spacial score (nSPS) is 25.0. The lowest BCUT2D eigenvalue weighted by Crippen LogP contribution is -2.38. The lowest BCUT2D eigenvalue weighted by atomic mass is 9.89. The van der Waals surface area contributed by atoms with E-state index in [2.05, 4.69) is 26.1 Å². The van der Waals surface area contributed by atoms with Crippen molar-refractivity contribution in [3.05, 3.63) is 0 Å². The first-order valence-corrected chi connectivity index (χ1v) is 8.42. The third-order valence-corrected chi connectivity index (χ3v) is 4.38. The first kappa shape index (κ1) is 18.9. The molecule has 21 heavy (non-hydrogen) atoms. The number of aliphatic hydroxyl groups excluding tert-OH is 1. The molecule has 0 aromatic heterocycles. The number of rotatable bonds is 10. The Hall–Kier alpha value is -0.160. The monoisotopic (exact) mass is 301 g/mol. The molecule has 126 valence electrons. The van der Waals surface area contributed by atoms with E-state index in [4.69, 9.17) is 9.47 Å². The van der Waals surface area contributed by atoms with Gasteiger partial charge in [0.15, 0.2) is 0 Å². The summed E-state index contributed by atoms with van der Waals surface area (Å²) >= 11 is 0. The molecule has 1 saturated carbocycles. The van der Waals surface area contributed by atoms with Crippen molar-refractivity contribution >= 4 is 0 Å². The summed E-state index contributed by atoms with van der Waals surface area (Å²) in [5, 5.41) is 13.4. The zero-order valence-corrected chi connectivity index (χ0v) is 14.4. The van der Waals surface area contributed by atoms with Crippen molar-refractivity contribution in [1.29, 1.82) is 0 Å². The first-order chi connectivity index (χ1) is 9.93. The van der Waals surface area contributed by atoms with Crippen LogP contribution in [0, 0.1) is 11.3 Å². The van der Waals surface area contributed by atoms with E-state index in [0.717, 1.165) is 38.3 Å². The molecule has 3 atom stereocenters. The molecule has 4 heteroatoms. The highest BCUT2D eigenvalue weighted by molar-refractivity contribution is 4.74. The second kappa shape index (κ2) is 9.78. The van der Waals surface area contributed by atoms with Gasteiger partial charge in [-0.25, -0.2) is 0 Å². The molecule has 0 spiro atoms. The van der Waals surface area contributed by atoms with Crippen LogP contribution in [-0.4, -0.2) is 50.7 Å². The van der Waals surface area contributed by atoms with Crippen molar-refractivity contribution in [2.75, 3.05) is 33.4 Å². The summed E-state index contributed by atoms with van der Waals surface area (Å²) in [4.78, 5) is 0. The second-order valence-corrected chi connectivity index (χ2v) is 7.42. The number of nitrogens with one attached hydrogen (secondary N) is 1. The largest absolute Gasteiger partial charge is 0.389 e. The van der Waals surface area contributed by atoms with Gasteiger partial charge in [0.25, 0.3) is 0 Å². The van der Waals surface area contributed by atoms with E-state index in [1.54, 1.807) is 7.11 Å². The maximum absolute atomic E-state index is 10.0. The lowest BCUT2D eigenvalue weighted by Gasteiger charge is -2.28. The van der Waals surface area contributed by atoms with E-state index in [1.165, 1.54) is 12.8 Å². The Labute approximate surface area is 130 Å². The predicted octanol–water partition coefficient (Wildman–Crippen LogP) is 2.59. The number of methoxy groups -OCH3 is 1. The minimum absolute atomic E-state index is 0.190. The van der Waals surface area contributed by atoms with Gasteiger partial charge in [0, 0.05) is 26.8 Å². The van der Waals surface area contributed by atoms with Crippen LogP contribution in [0.1, 0.15) is 52.9 Å². The van der Waals surface area contributed by atoms with Gasteiger partial charge in [0.05, 0.1) is 18.8 Å². The lowest BCUT2D eigenvalue weighted by molar-refractivity contribution is -0.0310. The van der Waals surface area contributed by atoms with Crippen LogP contribution < -0.4 is 5.32 Å². The number of aliphatic hydroxyl groups is 1. The zero-order chi connectivity index (χ0) is 15.7. The third-order valence-electron chi connectivity index (χ3n) is 4.38. The van der Waals surface area contributed by atoms with Gasteiger partial charge in [0.1, 0.15) is 0 Å². The standard InChI is InChI=1S/C17H35NO3/c1-14-6-5-7-16(10-14)21-12-15(19)11-18-13-17(2,3)8-9-20-4/h14-16,18-19H,5-13H2,1-4H3. The van der Waals surface area contributed by atoms with Gasteiger partial charge < -0.3 is 19.9 Å². The van der Waals surface area contributed by atoms with Crippen molar-refractivity contribution in [3.63, 3.8) is 0 Å². The van der Waals surface area contributed by atoms with Gasteiger partial charge in [-0.3, -0.25) is 0 Å². The van der Waals surface area contributed by atoms with Gasteiger partial charge in [-0.2, -0.15) is 0 Å². The fourth-order valence-corrected chi connectivity index (χ4v) is 2.88. The Bertz CT molecular complexity index is 271. The van der Waals surface area contributed by atoms with Crippen LogP contribution in [0.5, 0.6) is 0 Å². The Morgan fingerprint density at radius 3 is 2.76 bits per heavy atom. The van der Waals surface area contributed by atoms with Crippen LogP contribution in [0.3, 0.4) is 0 Å². The second-order valence-electron chi connectivity index (χ2n) is 7.42. The highest BCUT2D eigenvalue weighted by Gasteiger charge is 2.21. The van der Waals surface area contributed by atoms with Crippen LogP contribution in [0.15, 0.2) is 0 Å². The maximum atomic E-state index is 10.0. The summed E-state index contributed by atoms with van der Waals surface area (Å²) in [7, 11) is 1.73. The van der Waals surface area contributed by atoms with Crippen LogP contribution in [0.4, 0.5) is 0 Å². The fraction of sp³-hybridized carbons (Fsp3) is 1.00. The molecule has 0 bridgehead atoms. The molecule has 4 nitrogen and oxygen atoms in total. The smallest absolute Gasteiger partial charge is 0.0897 e. The van der Waals surface area contributed by atoms with Crippen molar-refractivity contribution < 1.29 is 14.6 Å². The average molecular weight is 301 g/mol. The molecular formula is C17H35NO3. The highest BCUT2D eigenvalue weighted by atomic mass is 16.5. The van der Waals surface area contributed by atoms with E-state index in [0.29, 0.717) is 19.3 Å². The first-order valence-electron chi connectivity index (χ1n) is 8.42. The zero-order valence-electron chi connectivity index (χ0n) is 14.4. The molecule has 0 saturated heterocycles. The number of hydrogen-bond donors (Lipinski definition) is 2. The predicted molar refractivity (Wildman–Crippen MR) is 86.5 cm³/mol. The summed E-state index contributed by atoms with van der Waals surface area (Å²) in [6.07, 6.45) is 5.82. The molecule has 0 amide bonds. The molecule has 0 aromatic rings. The summed E-state index contributed by atoms with van der Waals surface area (Å²) in [6, 6.07) is 0. The van der Waals surface area contributed by atoms with Gasteiger partial charge in [-0.15, -0.1) is 0 Å². The Morgan fingerprint density at radius 1 is 1.33 bits per heavy atom. The quantitative estimate of drug-likeness (QED) is 0.651. The topological polar surface area (TPSA) is 50.7 Å². The summed E-state index contributed by atoms with van der Waals surface area (Å²) in [6.45, 7) is 9.42. The molecule has 0 radical (unpaired) electrons. The van der Waals surface area contributed by atoms with Crippen LogP contribution in [-0.2, 0) is 9.47 Å². The minimum atomic E-state index is -0.416. The van der Waals surface area contributed by atoms with E-state index < -0.39 is 6.10 Å².